The average Bonchev–Trinajstić information content (AvgIpc) is 2.84. The highest BCUT2D eigenvalue weighted by molar-refractivity contribution is 5.94. The number of nitrogens with zero attached hydrogens (tertiary/aromatic N) is 1. The third-order valence-electron chi connectivity index (χ3n) is 6.40. The monoisotopic (exact) mass is 444 g/mol. The third kappa shape index (κ3) is 5.04. The highest BCUT2D eigenvalue weighted by Crippen LogP contribution is 2.40. The molecule has 0 radical (unpaired) electrons. The second-order valence-corrected chi connectivity index (χ2v) is 8.69. The molecule has 4 rings (SSSR count). The predicted octanol–water partition coefficient (Wildman–Crippen LogP) is 4.93. The summed E-state index contributed by atoms with van der Waals surface area (Å²) in [5.74, 6) is 1.38. The topological polar surface area (TPSA) is 50.8 Å². The van der Waals surface area contributed by atoms with E-state index < -0.39 is 0 Å². The molecule has 1 heterocycles. The van der Waals surface area contributed by atoms with E-state index in [1.165, 1.54) is 22.3 Å². The van der Waals surface area contributed by atoms with Crippen LogP contribution in [-0.4, -0.2) is 37.6 Å². The number of carbonyl (C=O) groups is 1. The molecule has 0 saturated heterocycles. The van der Waals surface area contributed by atoms with E-state index >= 15 is 0 Å². The lowest BCUT2D eigenvalue weighted by Gasteiger charge is -2.41. The number of rotatable bonds is 7. The molecule has 0 aromatic heterocycles. The van der Waals surface area contributed by atoms with E-state index in [4.69, 9.17) is 9.47 Å². The van der Waals surface area contributed by atoms with E-state index in [-0.39, 0.29) is 18.0 Å². The molecule has 0 spiro atoms. The van der Waals surface area contributed by atoms with Crippen LogP contribution in [0, 0.1) is 6.92 Å². The smallest absolute Gasteiger partial charge is 0.251 e. The zero-order valence-electron chi connectivity index (χ0n) is 19.8. The van der Waals surface area contributed by atoms with Crippen LogP contribution in [-0.2, 0) is 13.0 Å². The Morgan fingerprint density at radius 1 is 1.03 bits per heavy atom. The second kappa shape index (κ2) is 10.1. The molecule has 3 aromatic carbocycles. The number of aryl methyl sites for hydroxylation is 1. The summed E-state index contributed by atoms with van der Waals surface area (Å²) < 4.78 is 11.2. The van der Waals surface area contributed by atoms with E-state index in [1.54, 1.807) is 14.2 Å². The van der Waals surface area contributed by atoms with Gasteiger partial charge in [0.2, 0.25) is 0 Å². The molecule has 0 bridgehead atoms. The van der Waals surface area contributed by atoms with Gasteiger partial charge in [-0.15, -0.1) is 0 Å². The molecule has 5 heteroatoms. The standard InChI is InChI=1S/C28H32N2O3/c1-19-10-12-21(13-11-19)18-30-15-14-23-16-25(32-3)26(33-4)17-24(23)27(30)20(2)29-28(31)22-8-6-5-7-9-22/h5-13,16-17,20,27H,14-15,18H2,1-4H3,(H,29,31)/t20-,27-/m0/s1. The quantitative estimate of drug-likeness (QED) is 0.561. The minimum atomic E-state index is -0.111. The molecule has 33 heavy (non-hydrogen) atoms. The Morgan fingerprint density at radius 2 is 1.70 bits per heavy atom. The fourth-order valence-corrected chi connectivity index (χ4v) is 4.68. The maximum absolute atomic E-state index is 13.0. The molecule has 1 amide bonds. The average molecular weight is 445 g/mol. The molecule has 0 aliphatic carbocycles. The van der Waals surface area contributed by atoms with Gasteiger partial charge in [-0.3, -0.25) is 9.69 Å². The minimum absolute atomic E-state index is 0.00233. The Bertz CT molecular complexity index is 1100. The number of fused-ring (bicyclic) bond motifs is 1. The van der Waals surface area contributed by atoms with Crippen LogP contribution in [0.3, 0.4) is 0 Å². The fourth-order valence-electron chi connectivity index (χ4n) is 4.68. The summed E-state index contributed by atoms with van der Waals surface area (Å²) in [5, 5.41) is 3.25. The highest BCUT2D eigenvalue weighted by atomic mass is 16.5. The van der Waals surface area contributed by atoms with Crippen molar-refractivity contribution in [3.8, 4) is 11.5 Å². The lowest BCUT2D eigenvalue weighted by molar-refractivity contribution is 0.0877. The van der Waals surface area contributed by atoms with Gasteiger partial charge in [-0.2, -0.15) is 0 Å². The number of hydrogen-bond acceptors (Lipinski definition) is 4. The first-order valence-electron chi connectivity index (χ1n) is 11.4. The van der Waals surface area contributed by atoms with Gasteiger partial charge in [-0.05, 0) is 61.2 Å². The van der Waals surface area contributed by atoms with Gasteiger partial charge in [0.1, 0.15) is 0 Å². The van der Waals surface area contributed by atoms with Crippen molar-refractivity contribution < 1.29 is 14.3 Å². The summed E-state index contributed by atoms with van der Waals surface area (Å²) >= 11 is 0. The molecule has 172 valence electrons. The summed E-state index contributed by atoms with van der Waals surface area (Å²) in [7, 11) is 3.32. The van der Waals surface area contributed by atoms with Crippen molar-refractivity contribution in [3.63, 3.8) is 0 Å². The largest absolute Gasteiger partial charge is 0.493 e. The van der Waals surface area contributed by atoms with Gasteiger partial charge in [0.05, 0.1) is 20.3 Å². The number of nitrogens with one attached hydrogen (secondary N) is 1. The molecular weight excluding hydrogens is 412 g/mol. The van der Waals surface area contributed by atoms with E-state index in [2.05, 4.69) is 60.5 Å². The minimum Gasteiger partial charge on any atom is -0.493 e. The van der Waals surface area contributed by atoms with Crippen molar-refractivity contribution in [2.75, 3.05) is 20.8 Å². The molecule has 0 saturated carbocycles. The van der Waals surface area contributed by atoms with Crippen molar-refractivity contribution in [1.82, 2.24) is 10.2 Å². The molecule has 3 aromatic rings. The Kier molecular flexibility index (Phi) is 6.99. The van der Waals surface area contributed by atoms with E-state index in [0.29, 0.717) is 11.3 Å². The van der Waals surface area contributed by atoms with Crippen LogP contribution in [0.4, 0.5) is 0 Å². The predicted molar refractivity (Wildman–Crippen MR) is 131 cm³/mol. The summed E-state index contributed by atoms with van der Waals surface area (Å²) in [4.78, 5) is 15.4. The van der Waals surface area contributed by atoms with Crippen molar-refractivity contribution in [3.05, 3.63) is 94.5 Å². The first kappa shape index (κ1) is 22.9. The lowest BCUT2D eigenvalue weighted by Crippen LogP contribution is -2.47. The van der Waals surface area contributed by atoms with Crippen LogP contribution in [0.2, 0.25) is 0 Å². The number of ether oxygens (including phenoxy) is 2. The SMILES string of the molecule is COc1cc2c(cc1OC)[C@H]([C@H](C)NC(=O)c1ccccc1)N(Cc1ccc(C)cc1)CC2. The van der Waals surface area contributed by atoms with Gasteiger partial charge in [-0.1, -0.05) is 48.0 Å². The lowest BCUT2D eigenvalue weighted by atomic mass is 9.87. The van der Waals surface area contributed by atoms with Crippen LogP contribution in [0.5, 0.6) is 11.5 Å². The third-order valence-corrected chi connectivity index (χ3v) is 6.40. The molecule has 2 atom stereocenters. The van der Waals surface area contributed by atoms with Crippen LogP contribution >= 0.6 is 0 Å². The fraction of sp³-hybridized carbons (Fsp3) is 0.321. The molecular formula is C28H32N2O3. The van der Waals surface area contributed by atoms with Gasteiger partial charge >= 0.3 is 0 Å². The Balaban J connectivity index is 1.68. The van der Waals surface area contributed by atoms with Gasteiger partial charge in [0.25, 0.3) is 5.91 Å². The van der Waals surface area contributed by atoms with Crippen molar-refractivity contribution >= 4 is 5.91 Å². The van der Waals surface area contributed by atoms with Gasteiger partial charge in [0.15, 0.2) is 11.5 Å². The summed E-state index contributed by atoms with van der Waals surface area (Å²) in [6, 6.07) is 22.1. The zero-order chi connectivity index (χ0) is 23.4. The maximum atomic E-state index is 13.0. The second-order valence-electron chi connectivity index (χ2n) is 8.69. The van der Waals surface area contributed by atoms with Gasteiger partial charge < -0.3 is 14.8 Å². The number of benzene rings is 3. The number of amides is 1. The number of hydrogen-bond donors (Lipinski definition) is 1. The van der Waals surface area contributed by atoms with Crippen LogP contribution in [0.25, 0.3) is 0 Å². The zero-order valence-corrected chi connectivity index (χ0v) is 19.8. The summed E-state index contributed by atoms with van der Waals surface area (Å²) in [6.07, 6.45) is 0.914. The maximum Gasteiger partial charge on any atom is 0.251 e. The number of methoxy groups -OCH3 is 2. The Hall–Kier alpha value is -3.31. The van der Waals surface area contributed by atoms with Crippen LogP contribution < -0.4 is 14.8 Å². The molecule has 1 aliphatic heterocycles. The molecule has 0 fully saturated rings. The van der Waals surface area contributed by atoms with Gasteiger partial charge in [0, 0.05) is 24.7 Å². The van der Waals surface area contributed by atoms with Crippen molar-refractivity contribution in [2.24, 2.45) is 0 Å². The van der Waals surface area contributed by atoms with Crippen molar-refractivity contribution in [1.29, 1.82) is 0 Å². The first-order valence-corrected chi connectivity index (χ1v) is 11.4. The van der Waals surface area contributed by atoms with E-state index in [0.717, 1.165) is 25.3 Å². The summed E-state index contributed by atoms with van der Waals surface area (Å²) in [5.41, 5.74) is 5.58. The molecule has 1 aliphatic rings. The van der Waals surface area contributed by atoms with E-state index in [9.17, 15) is 4.79 Å². The molecule has 5 nitrogen and oxygen atoms in total. The normalized spacial score (nSPS) is 16.5. The first-order chi connectivity index (χ1) is 16.0. The number of carbonyl (C=O) groups excluding carboxylic acids is 1. The van der Waals surface area contributed by atoms with E-state index in [1.807, 2.05) is 30.3 Å². The van der Waals surface area contributed by atoms with Crippen LogP contribution in [0.1, 0.15) is 45.6 Å². The summed E-state index contributed by atoms with van der Waals surface area (Å²) in [6.45, 7) is 5.89. The Morgan fingerprint density at radius 3 is 2.36 bits per heavy atom. The van der Waals surface area contributed by atoms with Crippen LogP contribution in [0.15, 0.2) is 66.7 Å². The highest BCUT2D eigenvalue weighted by Gasteiger charge is 2.34. The van der Waals surface area contributed by atoms with Gasteiger partial charge in [-0.25, -0.2) is 0 Å². The Labute approximate surface area is 196 Å². The molecule has 0 unspecified atom stereocenters. The van der Waals surface area contributed by atoms with Crippen molar-refractivity contribution in [2.45, 2.75) is 38.9 Å². The molecule has 1 N–H and O–H groups in total.